The molecule has 0 spiro atoms. The van der Waals surface area contributed by atoms with Crippen LogP contribution in [0.4, 0.5) is 0 Å². The second kappa shape index (κ2) is 7.21. The summed E-state index contributed by atoms with van der Waals surface area (Å²) in [4.78, 5) is 0. The van der Waals surface area contributed by atoms with E-state index in [1.165, 1.54) is 0 Å². The highest BCUT2D eigenvalue weighted by molar-refractivity contribution is 6.30. The summed E-state index contributed by atoms with van der Waals surface area (Å²) in [5.74, 6) is 6.69. The van der Waals surface area contributed by atoms with E-state index in [9.17, 15) is 0 Å². The van der Waals surface area contributed by atoms with Gasteiger partial charge in [0.1, 0.15) is 5.75 Å². The summed E-state index contributed by atoms with van der Waals surface area (Å²) < 4.78 is 5.72. The summed E-state index contributed by atoms with van der Waals surface area (Å²) in [6.45, 7) is 4.51. The van der Waals surface area contributed by atoms with E-state index in [1.54, 1.807) is 0 Å². The van der Waals surface area contributed by atoms with Gasteiger partial charge in [0.25, 0.3) is 0 Å². The van der Waals surface area contributed by atoms with Crippen LogP contribution < -0.4 is 10.1 Å². The fraction of sp³-hybridized carbons (Fsp3) is 0.429. The van der Waals surface area contributed by atoms with Crippen LogP contribution in [0.25, 0.3) is 0 Å². The van der Waals surface area contributed by atoms with Gasteiger partial charge in [0, 0.05) is 23.0 Å². The van der Waals surface area contributed by atoms with Gasteiger partial charge in [-0.05, 0) is 39.1 Å². The lowest BCUT2D eigenvalue weighted by Crippen LogP contribution is -2.14. The van der Waals surface area contributed by atoms with Crippen molar-refractivity contribution in [1.29, 1.82) is 0 Å². The number of hydrogen-bond acceptors (Lipinski definition) is 2. The van der Waals surface area contributed by atoms with Gasteiger partial charge < -0.3 is 10.1 Å². The fourth-order valence-corrected chi connectivity index (χ4v) is 1.66. The zero-order chi connectivity index (χ0) is 12.7. The van der Waals surface area contributed by atoms with Crippen LogP contribution >= 0.6 is 11.6 Å². The molecule has 0 aromatic heterocycles. The Balaban J connectivity index is 2.78. The van der Waals surface area contributed by atoms with Gasteiger partial charge in [0.05, 0.1) is 6.61 Å². The van der Waals surface area contributed by atoms with Crippen LogP contribution in [0.15, 0.2) is 18.2 Å². The lowest BCUT2D eigenvalue weighted by Gasteiger charge is -2.16. The summed E-state index contributed by atoms with van der Waals surface area (Å²) in [6.07, 6.45) is 0.743. The molecule has 3 heteroatoms. The molecule has 0 aliphatic heterocycles. The Morgan fingerprint density at radius 3 is 2.88 bits per heavy atom. The van der Waals surface area contributed by atoms with Crippen LogP contribution in [-0.2, 0) is 0 Å². The maximum Gasteiger partial charge on any atom is 0.124 e. The third-order valence-corrected chi connectivity index (χ3v) is 2.77. The van der Waals surface area contributed by atoms with Gasteiger partial charge in [-0.15, -0.1) is 11.8 Å². The van der Waals surface area contributed by atoms with E-state index < -0.39 is 0 Å². The number of benzene rings is 1. The lowest BCUT2D eigenvalue weighted by atomic mass is 10.1. The molecule has 1 rings (SSSR count). The highest BCUT2D eigenvalue weighted by atomic mass is 35.5. The van der Waals surface area contributed by atoms with Crippen LogP contribution in [0.2, 0.25) is 5.02 Å². The molecule has 0 radical (unpaired) electrons. The van der Waals surface area contributed by atoms with Crippen molar-refractivity contribution >= 4 is 11.6 Å². The Bertz CT molecular complexity index is 420. The Labute approximate surface area is 108 Å². The molecule has 0 amide bonds. The molecule has 92 valence electrons. The molecule has 2 nitrogen and oxygen atoms in total. The second-order valence-corrected chi connectivity index (χ2v) is 4.15. The molecule has 0 fully saturated rings. The van der Waals surface area contributed by atoms with Gasteiger partial charge >= 0.3 is 0 Å². The number of halogens is 1. The van der Waals surface area contributed by atoms with Crippen molar-refractivity contribution < 1.29 is 4.74 Å². The third kappa shape index (κ3) is 4.30. The van der Waals surface area contributed by atoms with Crippen LogP contribution in [0, 0.1) is 11.8 Å². The van der Waals surface area contributed by atoms with E-state index in [1.807, 2.05) is 32.2 Å². The highest BCUT2D eigenvalue weighted by Crippen LogP contribution is 2.28. The lowest BCUT2D eigenvalue weighted by molar-refractivity contribution is 0.321. The van der Waals surface area contributed by atoms with Gasteiger partial charge in [-0.25, -0.2) is 0 Å². The Morgan fingerprint density at radius 2 is 2.24 bits per heavy atom. The summed E-state index contributed by atoms with van der Waals surface area (Å²) in [5, 5.41) is 3.91. The average molecular weight is 252 g/mol. The SMILES string of the molecule is CC#CCCOc1ccc(Cl)cc1C(C)NC. The molecular formula is C14H18ClNO. The minimum absolute atomic E-state index is 0.209. The van der Waals surface area contributed by atoms with Crippen LogP contribution in [0.1, 0.15) is 31.9 Å². The zero-order valence-corrected chi connectivity index (χ0v) is 11.3. The summed E-state index contributed by atoms with van der Waals surface area (Å²) >= 11 is 6.00. The topological polar surface area (TPSA) is 21.3 Å². The van der Waals surface area contributed by atoms with Gasteiger partial charge in [0.15, 0.2) is 0 Å². The molecule has 0 heterocycles. The molecule has 1 aromatic rings. The molecule has 0 aliphatic rings. The quantitative estimate of drug-likeness (QED) is 0.640. The standard InChI is InChI=1S/C14H18ClNO/c1-4-5-6-9-17-14-8-7-12(15)10-13(14)11(2)16-3/h7-8,10-11,16H,6,9H2,1-3H3. The predicted octanol–water partition coefficient (Wildman–Crippen LogP) is 3.41. The number of hydrogen-bond donors (Lipinski definition) is 1. The molecular weight excluding hydrogens is 234 g/mol. The Morgan fingerprint density at radius 1 is 1.47 bits per heavy atom. The normalized spacial score (nSPS) is 11.5. The molecule has 0 bridgehead atoms. The fourth-order valence-electron chi connectivity index (χ4n) is 1.48. The number of ether oxygens (including phenoxy) is 1. The number of rotatable bonds is 5. The largest absolute Gasteiger partial charge is 0.492 e. The minimum atomic E-state index is 0.209. The first-order valence-electron chi connectivity index (χ1n) is 5.68. The van der Waals surface area contributed by atoms with Crippen LogP contribution in [-0.4, -0.2) is 13.7 Å². The van der Waals surface area contributed by atoms with E-state index in [0.29, 0.717) is 6.61 Å². The van der Waals surface area contributed by atoms with Crippen molar-refractivity contribution in [2.45, 2.75) is 26.3 Å². The van der Waals surface area contributed by atoms with Crippen molar-refractivity contribution in [3.8, 4) is 17.6 Å². The third-order valence-electron chi connectivity index (χ3n) is 2.53. The first kappa shape index (κ1) is 13.9. The molecule has 0 saturated heterocycles. The minimum Gasteiger partial charge on any atom is -0.492 e. The van der Waals surface area contributed by atoms with Crippen molar-refractivity contribution in [2.75, 3.05) is 13.7 Å². The molecule has 1 N–H and O–H groups in total. The van der Waals surface area contributed by atoms with Crippen molar-refractivity contribution in [3.63, 3.8) is 0 Å². The summed E-state index contributed by atoms with van der Waals surface area (Å²) in [6, 6.07) is 5.89. The van der Waals surface area contributed by atoms with Gasteiger partial charge in [-0.1, -0.05) is 11.6 Å². The number of nitrogens with one attached hydrogen (secondary N) is 1. The first-order chi connectivity index (χ1) is 8.19. The molecule has 1 unspecified atom stereocenters. The predicted molar refractivity (Wildman–Crippen MR) is 72.5 cm³/mol. The molecule has 0 saturated carbocycles. The monoisotopic (exact) mass is 251 g/mol. The van der Waals surface area contributed by atoms with E-state index in [4.69, 9.17) is 16.3 Å². The first-order valence-corrected chi connectivity index (χ1v) is 6.06. The van der Waals surface area contributed by atoms with Crippen molar-refractivity contribution in [3.05, 3.63) is 28.8 Å². The van der Waals surface area contributed by atoms with Crippen LogP contribution in [0.3, 0.4) is 0 Å². The zero-order valence-electron chi connectivity index (χ0n) is 10.5. The molecule has 0 aliphatic carbocycles. The van der Waals surface area contributed by atoms with Gasteiger partial charge in [-0.3, -0.25) is 0 Å². The summed E-state index contributed by atoms with van der Waals surface area (Å²) in [7, 11) is 1.91. The van der Waals surface area contributed by atoms with E-state index in [2.05, 4.69) is 24.1 Å². The van der Waals surface area contributed by atoms with E-state index in [0.717, 1.165) is 22.8 Å². The van der Waals surface area contributed by atoms with Crippen LogP contribution in [0.5, 0.6) is 5.75 Å². The van der Waals surface area contributed by atoms with Gasteiger partial charge in [0.2, 0.25) is 0 Å². The van der Waals surface area contributed by atoms with E-state index >= 15 is 0 Å². The maximum absolute atomic E-state index is 6.00. The van der Waals surface area contributed by atoms with Crippen molar-refractivity contribution in [2.24, 2.45) is 0 Å². The van der Waals surface area contributed by atoms with Gasteiger partial charge in [-0.2, -0.15) is 0 Å². The second-order valence-electron chi connectivity index (χ2n) is 3.72. The Kier molecular flexibility index (Phi) is 5.90. The molecule has 1 atom stereocenters. The van der Waals surface area contributed by atoms with Crippen molar-refractivity contribution in [1.82, 2.24) is 5.32 Å². The molecule has 1 aromatic carbocycles. The maximum atomic E-state index is 6.00. The van der Waals surface area contributed by atoms with E-state index in [-0.39, 0.29) is 6.04 Å². The Hall–Kier alpha value is -1.17. The average Bonchev–Trinajstić information content (AvgIpc) is 2.35. The highest BCUT2D eigenvalue weighted by Gasteiger charge is 2.10. The molecule has 17 heavy (non-hydrogen) atoms. The summed E-state index contributed by atoms with van der Waals surface area (Å²) in [5.41, 5.74) is 1.07. The smallest absolute Gasteiger partial charge is 0.124 e.